The van der Waals surface area contributed by atoms with E-state index in [2.05, 4.69) is 82.2 Å². The molecule has 33 heavy (non-hydrogen) atoms. The van der Waals surface area contributed by atoms with E-state index in [9.17, 15) is 0 Å². The molecule has 0 amide bonds. The number of hydrogen-bond acceptors (Lipinski definition) is 3. The van der Waals surface area contributed by atoms with Gasteiger partial charge in [0.25, 0.3) is 0 Å². The van der Waals surface area contributed by atoms with Crippen LogP contribution in [-0.4, -0.2) is 19.4 Å². The molecule has 0 saturated carbocycles. The molecule has 7 aromatic rings. The first-order valence-electron chi connectivity index (χ1n) is 11.0. The Kier molecular flexibility index (Phi) is 3.81. The molecule has 0 saturated heterocycles. The van der Waals surface area contributed by atoms with Gasteiger partial charge in [-0.15, -0.1) is 0 Å². The predicted molar refractivity (Wildman–Crippen MR) is 134 cm³/mol. The number of fused-ring (bicyclic) bond motifs is 8. The average Bonchev–Trinajstić information content (AvgIpc) is 3.29. The molecule has 0 aliphatic rings. The lowest BCUT2D eigenvalue weighted by atomic mass is 9.98. The summed E-state index contributed by atoms with van der Waals surface area (Å²) in [5.41, 5.74) is 9.36. The zero-order chi connectivity index (χ0) is 21.8. The van der Waals surface area contributed by atoms with Crippen molar-refractivity contribution in [3.63, 3.8) is 0 Å². The minimum Gasteiger partial charge on any atom is -0.274 e. The Morgan fingerprint density at radius 3 is 2.03 bits per heavy atom. The molecule has 0 unspecified atom stereocenters. The lowest BCUT2D eigenvalue weighted by molar-refractivity contribution is 1.19. The first kappa shape index (κ1) is 18.0. The normalized spacial score (nSPS) is 11.6. The van der Waals surface area contributed by atoms with Gasteiger partial charge in [-0.3, -0.25) is 9.38 Å². The fourth-order valence-corrected chi connectivity index (χ4v) is 4.71. The van der Waals surface area contributed by atoms with Crippen LogP contribution in [0.1, 0.15) is 0 Å². The largest absolute Gasteiger partial charge is 0.274 e. The van der Waals surface area contributed by atoms with Crippen molar-refractivity contribution in [1.29, 1.82) is 0 Å². The lowest BCUT2D eigenvalue weighted by Crippen LogP contribution is -1.95. The summed E-state index contributed by atoms with van der Waals surface area (Å²) < 4.78 is 2.12. The van der Waals surface area contributed by atoms with Crippen LogP contribution in [0.15, 0.2) is 109 Å². The molecule has 3 aromatic heterocycles. The highest BCUT2D eigenvalue weighted by molar-refractivity contribution is 6.12. The zero-order valence-electron chi connectivity index (χ0n) is 17.7. The second-order valence-corrected chi connectivity index (χ2v) is 8.19. The van der Waals surface area contributed by atoms with E-state index in [1.54, 1.807) is 12.4 Å². The van der Waals surface area contributed by atoms with Gasteiger partial charge >= 0.3 is 0 Å². The van der Waals surface area contributed by atoms with Gasteiger partial charge in [0.2, 0.25) is 0 Å². The van der Waals surface area contributed by atoms with Crippen LogP contribution in [0.25, 0.3) is 60.9 Å². The number of rotatable bonds is 2. The number of imidazole rings is 1. The highest BCUT2D eigenvalue weighted by atomic mass is 15.1. The quantitative estimate of drug-likeness (QED) is 0.284. The van der Waals surface area contributed by atoms with Gasteiger partial charge in [-0.1, -0.05) is 72.8 Å². The van der Waals surface area contributed by atoms with Crippen molar-refractivity contribution in [2.24, 2.45) is 0 Å². The number of hydrogen-bond donors (Lipinski definition) is 0. The smallest absolute Gasteiger partial charge is 0.165 e. The van der Waals surface area contributed by atoms with E-state index in [0.29, 0.717) is 0 Å². The summed E-state index contributed by atoms with van der Waals surface area (Å²) >= 11 is 0. The predicted octanol–water partition coefficient (Wildman–Crippen LogP) is 6.92. The molecule has 154 valence electrons. The Hall–Kier alpha value is -4.57. The van der Waals surface area contributed by atoms with Crippen molar-refractivity contribution in [3.8, 4) is 22.3 Å². The van der Waals surface area contributed by atoms with Crippen molar-refractivity contribution in [1.82, 2.24) is 19.4 Å². The Morgan fingerprint density at radius 2 is 1.18 bits per heavy atom. The highest BCUT2D eigenvalue weighted by Gasteiger charge is 2.15. The first-order valence-corrected chi connectivity index (χ1v) is 11.0. The molecule has 0 atom stereocenters. The van der Waals surface area contributed by atoms with Gasteiger partial charge in [0, 0.05) is 23.2 Å². The van der Waals surface area contributed by atoms with Gasteiger partial charge in [0.1, 0.15) is 11.2 Å². The summed E-state index contributed by atoms with van der Waals surface area (Å²) in [6, 6.07) is 33.9. The van der Waals surface area contributed by atoms with E-state index in [0.717, 1.165) is 44.2 Å². The molecule has 0 N–H and O–H groups in total. The summed E-state index contributed by atoms with van der Waals surface area (Å²) in [7, 11) is 0. The average molecular weight is 422 g/mol. The van der Waals surface area contributed by atoms with Crippen molar-refractivity contribution in [2.75, 3.05) is 0 Å². The summed E-state index contributed by atoms with van der Waals surface area (Å²) in [4.78, 5) is 14.3. The van der Waals surface area contributed by atoms with Crippen LogP contribution in [0.4, 0.5) is 0 Å². The van der Waals surface area contributed by atoms with Gasteiger partial charge in [-0.05, 0) is 46.5 Å². The molecule has 7 rings (SSSR count). The third-order valence-electron chi connectivity index (χ3n) is 6.29. The highest BCUT2D eigenvalue weighted by Crippen LogP contribution is 2.33. The minimum absolute atomic E-state index is 0.824. The van der Waals surface area contributed by atoms with E-state index in [-0.39, 0.29) is 0 Å². The second-order valence-electron chi connectivity index (χ2n) is 8.19. The number of pyridine rings is 1. The monoisotopic (exact) mass is 422 g/mol. The van der Waals surface area contributed by atoms with Crippen LogP contribution in [0.5, 0.6) is 0 Å². The minimum atomic E-state index is 0.824. The molecule has 4 aromatic carbocycles. The molecular weight excluding hydrogens is 404 g/mol. The SMILES string of the molecule is c1ccc(-c2ccc(-c3ccc4c(c3)c3nccnc3n3c5ccccc5nc43)cc2)cc1. The summed E-state index contributed by atoms with van der Waals surface area (Å²) in [6.45, 7) is 0. The van der Waals surface area contributed by atoms with Gasteiger partial charge in [0.05, 0.1) is 11.0 Å². The van der Waals surface area contributed by atoms with Crippen molar-refractivity contribution in [3.05, 3.63) is 109 Å². The molecule has 3 heterocycles. The van der Waals surface area contributed by atoms with Gasteiger partial charge < -0.3 is 0 Å². The first-order chi connectivity index (χ1) is 16.4. The third kappa shape index (κ3) is 2.74. The Morgan fingerprint density at radius 1 is 0.515 bits per heavy atom. The number of para-hydroxylation sites is 2. The molecule has 0 aliphatic carbocycles. The van der Waals surface area contributed by atoms with Crippen LogP contribution in [0.2, 0.25) is 0 Å². The molecule has 0 fully saturated rings. The van der Waals surface area contributed by atoms with E-state index in [1.807, 2.05) is 24.3 Å². The van der Waals surface area contributed by atoms with Crippen LogP contribution in [-0.2, 0) is 0 Å². The summed E-state index contributed by atoms with van der Waals surface area (Å²) in [5.74, 6) is 0. The number of aromatic nitrogens is 4. The fraction of sp³-hybridized carbons (Fsp3) is 0. The molecule has 0 spiro atoms. The summed E-state index contributed by atoms with van der Waals surface area (Å²) in [5, 5.41) is 2.13. The molecule has 4 nitrogen and oxygen atoms in total. The van der Waals surface area contributed by atoms with Crippen LogP contribution in [0.3, 0.4) is 0 Å². The maximum Gasteiger partial charge on any atom is 0.165 e. The maximum atomic E-state index is 4.94. The van der Waals surface area contributed by atoms with Gasteiger partial charge in [-0.25, -0.2) is 9.97 Å². The Bertz CT molecular complexity index is 1800. The molecule has 0 bridgehead atoms. The van der Waals surface area contributed by atoms with E-state index < -0.39 is 0 Å². The van der Waals surface area contributed by atoms with E-state index in [4.69, 9.17) is 9.97 Å². The van der Waals surface area contributed by atoms with Crippen LogP contribution >= 0.6 is 0 Å². The Labute approximate surface area is 189 Å². The Balaban J connectivity index is 1.47. The fourth-order valence-electron chi connectivity index (χ4n) is 4.71. The lowest BCUT2D eigenvalue weighted by Gasteiger charge is -2.10. The molecular formula is C29H18N4. The van der Waals surface area contributed by atoms with Crippen molar-refractivity contribution >= 4 is 38.6 Å². The molecule has 0 radical (unpaired) electrons. The zero-order valence-corrected chi connectivity index (χ0v) is 17.7. The molecule has 0 aliphatic heterocycles. The van der Waals surface area contributed by atoms with Crippen molar-refractivity contribution < 1.29 is 0 Å². The summed E-state index contributed by atoms with van der Waals surface area (Å²) in [6.07, 6.45) is 3.50. The van der Waals surface area contributed by atoms with Gasteiger partial charge in [0.15, 0.2) is 5.65 Å². The molecule has 4 heteroatoms. The third-order valence-corrected chi connectivity index (χ3v) is 6.29. The maximum absolute atomic E-state index is 4.94. The van der Waals surface area contributed by atoms with E-state index in [1.165, 1.54) is 16.7 Å². The standard InChI is InChI=1S/C29H18N4/c1-2-6-19(7-3-1)20-10-12-21(13-11-20)22-14-15-23-24(18-22)27-29(31-17-16-30-27)33-26-9-5-4-8-25(26)32-28(23)33/h1-18H. The van der Waals surface area contributed by atoms with Crippen LogP contribution < -0.4 is 0 Å². The number of benzene rings is 4. The van der Waals surface area contributed by atoms with E-state index >= 15 is 0 Å². The topological polar surface area (TPSA) is 43.1 Å². The second kappa shape index (κ2) is 6.97. The van der Waals surface area contributed by atoms with Gasteiger partial charge in [-0.2, -0.15) is 0 Å². The van der Waals surface area contributed by atoms with Crippen LogP contribution in [0, 0.1) is 0 Å². The number of nitrogens with zero attached hydrogens (tertiary/aromatic N) is 4. The van der Waals surface area contributed by atoms with Crippen molar-refractivity contribution in [2.45, 2.75) is 0 Å².